The van der Waals surface area contributed by atoms with Crippen LogP contribution in [0.5, 0.6) is 0 Å². The van der Waals surface area contributed by atoms with E-state index in [4.69, 9.17) is 11.6 Å². The first-order valence-corrected chi connectivity index (χ1v) is 8.48. The third-order valence-corrected chi connectivity index (χ3v) is 4.59. The van der Waals surface area contributed by atoms with Gasteiger partial charge in [-0.15, -0.1) is 11.3 Å². The number of aromatic nitrogens is 1. The van der Waals surface area contributed by atoms with E-state index in [9.17, 15) is 10.2 Å². The summed E-state index contributed by atoms with van der Waals surface area (Å²) in [5.74, 6) is 0. The first kappa shape index (κ1) is 17.4. The van der Waals surface area contributed by atoms with Gasteiger partial charge in [-0.05, 0) is 26.0 Å². The summed E-state index contributed by atoms with van der Waals surface area (Å²) in [7, 11) is 0. The Kier molecular flexibility index (Phi) is 6.35. The summed E-state index contributed by atoms with van der Waals surface area (Å²) < 4.78 is 0. The summed E-state index contributed by atoms with van der Waals surface area (Å²) in [6.45, 7) is 4.86. The van der Waals surface area contributed by atoms with Gasteiger partial charge in [-0.1, -0.05) is 23.7 Å². The van der Waals surface area contributed by atoms with Gasteiger partial charge in [-0.3, -0.25) is 4.90 Å². The minimum atomic E-state index is -0.441. The predicted octanol–water partition coefficient (Wildman–Crippen LogP) is 3.03. The monoisotopic (exact) mass is 340 g/mol. The van der Waals surface area contributed by atoms with Crippen molar-refractivity contribution in [3.8, 4) is 10.6 Å². The van der Waals surface area contributed by atoms with Crippen molar-refractivity contribution in [3.05, 3.63) is 40.4 Å². The van der Waals surface area contributed by atoms with E-state index in [-0.39, 0.29) is 12.6 Å². The Morgan fingerprint density at radius 2 is 1.95 bits per heavy atom. The molecular formula is C16H21ClN2O2S. The lowest BCUT2D eigenvalue weighted by atomic mass is 10.2. The summed E-state index contributed by atoms with van der Waals surface area (Å²) in [5, 5.41) is 22.6. The van der Waals surface area contributed by atoms with Crippen LogP contribution >= 0.6 is 22.9 Å². The van der Waals surface area contributed by atoms with Crippen LogP contribution in [0.3, 0.4) is 0 Å². The van der Waals surface area contributed by atoms with Crippen LogP contribution in [0.25, 0.3) is 10.6 Å². The lowest BCUT2D eigenvalue weighted by molar-refractivity contribution is 0.0712. The molecule has 0 amide bonds. The molecule has 0 bridgehead atoms. The molecule has 1 heterocycles. The standard InChI is InChI=1S/C16H21ClN2O2S/c1-11(9-20)19(7-12(2)21)8-15-10-22-16(18-15)13-3-5-14(17)6-4-13/h3-6,10-12,20-21H,7-9H2,1-2H3/t11-,12+/m1/s1. The number of aliphatic hydroxyl groups excluding tert-OH is 2. The van der Waals surface area contributed by atoms with Crippen LogP contribution < -0.4 is 0 Å². The van der Waals surface area contributed by atoms with Gasteiger partial charge in [-0.25, -0.2) is 4.98 Å². The average molecular weight is 341 g/mol. The van der Waals surface area contributed by atoms with Crippen molar-refractivity contribution in [1.82, 2.24) is 9.88 Å². The van der Waals surface area contributed by atoms with Crippen LogP contribution in [0.15, 0.2) is 29.6 Å². The van der Waals surface area contributed by atoms with Crippen molar-refractivity contribution < 1.29 is 10.2 Å². The Morgan fingerprint density at radius 1 is 1.27 bits per heavy atom. The zero-order chi connectivity index (χ0) is 16.1. The Bertz CT molecular complexity index is 586. The van der Waals surface area contributed by atoms with Crippen molar-refractivity contribution in [3.63, 3.8) is 0 Å². The van der Waals surface area contributed by atoms with Crippen molar-refractivity contribution in [2.75, 3.05) is 13.2 Å². The third kappa shape index (κ3) is 4.76. The van der Waals surface area contributed by atoms with Crippen LogP contribution in [0.2, 0.25) is 5.02 Å². The molecule has 22 heavy (non-hydrogen) atoms. The Labute approximate surface area is 140 Å². The minimum Gasteiger partial charge on any atom is -0.395 e. The summed E-state index contributed by atoms with van der Waals surface area (Å²) >= 11 is 7.48. The lowest BCUT2D eigenvalue weighted by Crippen LogP contribution is -2.39. The first-order valence-electron chi connectivity index (χ1n) is 7.23. The highest BCUT2D eigenvalue weighted by Gasteiger charge is 2.17. The van der Waals surface area contributed by atoms with Gasteiger partial charge in [0.2, 0.25) is 0 Å². The molecule has 2 atom stereocenters. The van der Waals surface area contributed by atoms with Crippen LogP contribution in [0, 0.1) is 0 Å². The van der Waals surface area contributed by atoms with E-state index >= 15 is 0 Å². The maximum atomic E-state index is 9.60. The molecule has 0 aliphatic carbocycles. The van der Waals surface area contributed by atoms with E-state index in [0.29, 0.717) is 18.1 Å². The summed E-state index contributed by atoms with van der Waals surface area (Å²) in [6.07, 6.45) is -0.441. The molecule has 1 aromatic heterocycles. The normalized spacial score (nSPS) is 14.3. The van der Waals surface area contributed by atoms with E-state index in [1.807, 2.05) is 41.5 Å². The van der Waals surface area contributed by atoms with Gasteiger partial charge >= 0.3 is 0 Å². The van der Waals surface area contributed by atoms with E-state index in [1.54, 1.807) is 18.3 Å². The highest BCUT2D eigenvalue weighted by Crippen LogP contribution is 2.25. The van der Waals surface area contributed by atoms with Crippen molar-refractivity contribution in [2.45, 2.75) is 32.5 Å². The fourth-order valence-electron chi connectivity index (χ4n) is 2.17. The topological polar surface area (TPSA) is 56.6 Å². The summed E-state index contributed by atoms with van der Waals surface area (Å²) in [5.41, 5.74) is 1.98. The second-order valence-electron chi connectivity index (χ2n) is 5.46. The molecule has 2 N–H and O–H groups in total. The van der Waals surface area contributed by atoms with Crippen LogP contribution in [-0.4, -0.2) is 45.4 Å². The van der Waals surface area contributed by atoms with E-state index in [2.05, 4.69) is 4.98 Å². The fraction of sp³-hybridized carbons (Fsp3) is 0.438. The molecule has 0 unspecified atom stereocenters. The van der Waals surface area contributed by atoms with E-state index < -0.39 is 6.10 Å². The van der Waals surface area contributed by atoms with Crippen molar-refractivity contribution in [2.24, 2.45) is 0 Å². The molecule has 0 saturated heterocycles. The van der Waals surface area contributed by atoms with Crippen LogP contribution in [0.4, 0.5) is 0 Å². The summed E-state index contributed by atoms with van der Waals surface area (Å²) in [6, 6.07) is 7.59. The highest BCUT2D eigenvalue weighted by molar-refractivity contribution is 7.13. The van der Waals surface area contributed by atoms with Gasteiger partial charge in [0.15, 0.2) is 0 Å². The third-order valence-electron chi connectivity index (χ3n) is 3.39. The van der Waals surface area contributed by atoms with Crippen molar-refractivity contribution in [1.29, 1.82) is 0 Å². The molecule has 0 aliphatic rings. The smallest absolute Gasteiger partial charge is 0.123 e. The molecule has 1 aromatic carbocycles. The number of nitrogens with zero attached hydrogens (tertiary/aromatic N) is 2. The highest BCUT2D eigenvalue weighted by atomic mass is 35.5. The summed E-state index contributed by atoms with van der Waals surface area (Å²) in [4.78, 5) is 6.68. The second kappa shape index (κ2) is 8.04. The molecular weight excluding hydrogens is 320 g/mol. The number of hydrogen-bond acceptors (Lipinski definition) is 5. The van der Waals surface area contributed by atoms with Crippen LogP contribution in [-0.2, 0) is 6.54 Å². The molecule has 2 aromatic rings. The molecule has 0 radical (unpaired) electrons. The predicted molar refractivity (Wildman–Crippen MR) is 91.2 cm³/mol. The quantitative estimate of drug-likeness (QED) is 0.813. The number of hydrogen-bond donors (Lipinski definition) is 2. The zero-order valence-corrected chi connectivity index (χ0v) is 14.3. The minimum absolute atomic E-state index is 0.0183. The fourth-order valence-corrected chi connectivity index (χ4v) is 3.11. The molecule has 0 spiro atoms. The average Bonchev–Trinajstić information content (AvgIpc) is 2.94. The number of halogens is 1. The number of rotatable bonds is 7. The molecule has 120 valence electrons. The molecule has 4 nitrogen and oxygen atoms in total. The maximum Gasteiger partial charge on any atom is 0.123 e. The first-order chi connectivity index (χ1) is 10.5. The van der Waals surface area contributed by atoms with Crippen LogP contribution in [0.1, 0.15) is 19.5 Å². The SMILES string of the molecule is C[C@H](O)CN(Cc1csc(-c2ccc(Cl)cc2)n1)[C@H](C)CO. The molecule has 0 fully saturated rings. The van der Waals surface area contributed by atoms with Gasteiger partial charge in [0.1, 0.15) is 5.01 Å². The maximum absolute atomic E-state index is 9.60. The second-order valence-corrected chi connectivity index (χ2v) is 6.76. The van der Waals surface area contributed by atoms with E-state index in [0.717, 1.165) is 16.3 Å². The largest absolute Gasteiger partial charge is 0.395 e. The Balaban J connectivity index is 2.10. The van der Waals surface area contributed by atoms with Gasteiger partial charge < -0.3 is 10.2 Å². The zero-order valence-electron chi connectivity index (χ0n) is 12.7. The molecule has 0 saturated carbocycles. The van der Waals surface area contributed by atoms with Gasteiger partial charge in [0.25, 0.3) is 0 Å². The van der Waals surface area contributed by atoms with Gasteiger partial charge in [0.05, 0.1) is 18.4 Å². The number of benzene rings is 1. The molecule has 6 heteroatoms. The number of thiazole rings is 1. The molecule has 0 aliphatic heterocycles. The van der Waals surface area contributed by atoms with E-state index in [1.165, 1.54) is 0 Å². The van der Waals surface area contributed by atoms with Crippen molar-refractivity contribution >= 4 is 22.9 Å². The Morgan fingerprint density at radius 3 is 2.55 bits per heavy atom. The Hall–Kier alpha value is -0.980. The molecule has 2 rings (SSSR count). The van der Waals surface area contributed by atoms with Gasteiger partial charge in [-0.2, -0.15) is 0 Å². The number of aliphatic hydroxyl groups is 2. The lowest BCUT2D eigenvalue weighted by Gasteiger charge is -2.28. The van der Waals surface area contributed by atoms with Gasteiger partial charge in [0, 0.05) is 35.1 Å².